The van der Waals surface area contributed by atoms with Crippen LogP contribution in [-0.4, -0.2) is 18.2 Å². The van der Waals surface area contributed by atoms with Crippen LogP contribution in [0.4, 0.5) is 0 Å². The Hall–Kier alpha value is -1.59. The van der Waals surface area contributed by atoms with Gasteiger partial charge in [0.25, 0.3) is 0 Å². The predicted molar refractivity (Wildman–Crippen MR) is 84.2 cm³/mol. The molecule has 21 heavy (non-hydrogen) atoms. The number of ether oxygens (including phenoxy) is 2. The minimum atomic E-state index is 0.250. The van der Waals surface area contributed by atoms with Crippen LogP contribution >= 0.6 is 11.3 Å². The second-order valence-electron chi connectivity index (χ2n) is 5.26. The van der Waals surface area contributed by atoms with Gasteiger partial charge in [-0.05, 0) is 31.5 Å². The smallest absolute Gasteiger partial charge is 0.161 e. The molecule has 1 N–H and O–H groups in total. The highest BCUT2D eigenvalue weighted by atomic mass is 32.1. The maximum Gasteiger partial charge on any atom is 0.161 e. The summed E-state index contributed by atoms with van der Waals surface area (Å²) in [5.74, 6) is 1.70. The number of aromatic nitrogens is 1. The lowest BCUT2D eigenvalue weighted by Crippen LogP contribution is -2.18. The molecule has 0 aliphatic carbocycles. The van der Waals surface area contributed by atoms with Crippen LogP contribution in [0.25, 0.3) is 0 Å². The molecule has 1 unspecified atom stereocenters. The third-order valence-corrected chi connectivity index (χ3v) is 4.58. The number of rotatable bonds is 4. The first-order chi connectivity index (χ1) is 10.2. The van der Waals surface area contributed by atoms with Crippen molar-refractivity contribution in [3.8, 4) is 11.5 Å². The van der Waals surface area contributed by atoms with Gasteiger partial charge in [0.15, 0.2) is 11.5 Å². The first-order valence-corrected chi connectivity index (χ1v) is 8.14. The van der Waals surface area contributed by atoms with E-state index >= 15 is 0 Å². The predicted octanol–water partition coefficient (Wildman–Crippen LogP) is 3.46. The standard InChI is InChI=1S/C16H20N2O2S/c1-11-10-21-16(18-11)12(2)17-9-13-4-5-14-15(8-13)20-7-3-6-19-14/h4-5,8,10,12,17H,3,6-7,9H2,1-2H3. The van der Waals surface area contributed by atoms with Gasteiger partial charge in [0.05, 0.1) is 19.3 Å². The van der Waals surface area contributed by atoms with Crippen molar-refractivity contribution in [1.82, 2.24) is 10.3 Å². The molecule has 4 nitrogen and oxygen atoms in total. The fourth-order valence-electron chi connectivity index (χ4n) is 2.25. The molecule has 1 atom stereocenters. The molecule has 2 heterocycles. The van der Waals surface area contributed by atoms with E-state index in [0.717, 1.165) is 48.4 Å². The average Bonchev–Trinajstić information content (AvgIpc) is 2.79. The Balaban J connectivity index is 1.64. The van der Waals surface area contributed by atoms with Crippen LogP contribution in [0.1, 0.15) is 35.7 Å². The van der Waals surface area contributed by atoms with Gasteiger partial charge in [-0.2, -0.15) is 0 Å². The van der Waals surface area contributed by atoms with Crippen LogP contribution in [0.2, 0.25) is 0 Å². The van der Waals surface area contributed by atoms with Crippen molar-refractivity contribution >= 4 is 11.3 Å². The zero-order valence-electron chi connectivity index (χ0n) is 12.4. The van der Waals surface area contributed by atoms with Crippen LogP contribution in [0.15, 0.2) is 23.6 Å². The van der Waals surface area contributed by atoms with E-state index in [2.05, 4.69) is 34.7 Å². The van der Waals surface area contributed by atoms with Crippen molar-refractivity contribution in [2.75, 3.05) is 13.2 Å². The Morgan fingerprint density at radius 3 is 2.86 bits per heavy atom. The molecule has 0 radical (unpaired) electrons. The topological polar surface area (TPSA) is 43.4 Å². The summed E-state index contributed by atoms with van der Waals surface area (Å²) < 4.78 is 11.4. The molecule has 3 rings (SSSR count). The summed E-state index contributed by atoms with van der Waals surface area (Å²) in [6.45, 7) is 6.40. The summed E-state index contributed by atoms with van der Waals surface area (Å²) in [5, 5.41) is 6.71. The molecule has 0 spiro atoms. The number of nitrogens with one attached hydrogen (secondary N) is 1. The molecule has 1 aliphatic rings. The van der Waals surface area contributed by atoms with Crippen LogP contribution in [0, 0.1) is 6.92 Å². The minimum Gasteiger partial charge on any atom is -0.490 e. The Bertz CT molecular complexity index is 612. The number of fused-ring (bicyclic) bond motifs is 1. The second-order valence-corrected chi connectivity index (χ2v) is 6.15. The highest BCUT2D eigenvalue weighted by Crippen LogP contribution is 2.30. The maximum atomic E-state index is 5.72. The van der Waals surface area contributed by atoms with Crippen molar-refractivity contribution in [3.05, 3.63) is 39.8 Å². The highest BCUT2D eigenvalue weighted by Gasteiger charge is 2.12. The highest BCUT2D eigenvalue weighted by molar-refractivity contribution is 7.09. The molecule has 5 heteroatoms. The number of hydrogen-bond acceptors (Lipinski definition) is 5. The normalized spacial score (nSPS) is 15.5. The lowest BCUT2D eigenvalue weighted by molar-refractivity contribution is 0.297. The third-order valence-electron chi connectivity index (χ3n) is 3.43. The fourth-order valence-corrected chi connectivity index (χ4v) is 3.08. The van der Waals surface area contributed by atoms with Crippen molar-refractivity contribution < 1.29 is 9.47 Å². The largest absolute Gasteiger partial charge is 0.490 e. The minimum absolute atomic E-state index is 0.250. The second kappa shape index (κ2) is 6.45. The summed E-state index contributed by atoms with van der Waals surface area (Å²) in [6, 6.07) is 6.39. The van der Waals surface area contributed by atoms with Crippen molar-refractivity contribution in [3.63, 3.8) is 0 Å². The zero-order valence-corrected chi connectivity index (χ0v) is 13.2. The Morgan fingerprint density at radius 2 is 2.10 bits per heavy atom. The van der Waals surface area contributed by atoms with Gasteiger partial charge in [-0.25, -0.2) is 4.98 Å². The van der Waals surface area contributed by atoms with E-state index in [1.807, 2.05) is 13.0 Å². The van der Waals surface area contributed by atoms with Crippen molar-refractivity contribution in [2.24, 2.45) is 0 Å². The summed E-state index contributed by atoms with van der Waals surface area (Å²) in [5.41, 5.74) is 2.28. The number of nitrogens with zero attached hydrogens (tertiary/aromatic N) is 1. The van der Waals surface area contributed by atoms with Gasteiger partial charge >= 0.3 is 0 Å². The van der Waals surface area contributed by atoms with E-state index in [0.29, 0.717) is 0 Å². The molecule has 1 aromatic heterocycles. The molecule has 0 amide bonds. The number of thiazole rings is 1. The molecule has 112 valence electrons. The number of aryl methyl sites for hydroxylation is 1. The molecule has 0 saturated carbocycles. The number of hydrogen-bond donors (Lipinski definition) is 1. The van der Waals surface area contributed by atoms with Crippen LogP contribution in [0.3, 0.4) is 0 Å². The summed E-state index contributed by atoms with van der Waals surface area (Å²) in [6.07, 6.45) is 0.933. The zero-order chi connectivity index (χ0) is 14.7. The monoisotopic (exact) mass is 304 g/mol. The van der Waals surface area contributed by atoms with Crippen LogP contribution in [0.5, 0.6) is 11.5 Å². The molecule has 2 aromatic rings. The molecule has 0 bridgehead atoms. The number of benzene rings is 1. The van der Waals surface area contributed by atoms with E-state index in [1.54, 1.807) is 11.3 Å². The lowest BCUT2D eigenvalue weighted by Gasteiger charge is -2.13. The Kier molecular flexibility index (Phi) is 4.41. The molecule has 1 aliphatic heterocycles. The fraction of sp³-hybridized carbons (Fsp3) is 0.438. The van der Waals surface area contributed by atoms with E-state index < -0.39 is 0 Å². The summed E-state index contributed by atoms with van der Waals surface area (Å²) in [7, 11) is 0. The van der Waals surface area contributed by atoms with Gasteiger partial charge in [0, 0.05) is 24.0 Å². The average molecular weight is 304 g/mol. The van der Waals surface area contributed by atoms with E-state index in [4.69, 9.17) is 9.47 Å². The Labute approximate surface area is 129 Å². The maximum absolute atomic E-state index is 5.72. The molecule has 1 aromatic carbocycles. The summed E-state index contributed by atoms with van der Waals surface area (Å²) >= 11 is 1.70. The summed E-state index contributed by atoms with van der Waals surface area (Å²) in [4.78, 5) is 4.52. The van der Waals surface area contributed by atoms with Gasteiger partial charge < -0.3 is 14.8 Å². The van der Waals surface area contributed by atoms with Gasteiger partial charge in [-0.3, -0.25) is 0 Å². The molecular formula is C16H20N2O2S. The first-order valence-electron chi connectivity index (χ1n) is 7.26. The van der Waals surface area contributed by atoms with Crippen LogP contribution < -0.4 is 14.8 Å². The third kappa shape index (κ3) is 3.54. The Morgan fingerprint density at radius 1 is 1.29 bits per heavy atom. The molecule has 0 saturated heterocycles. The van der Waals surface area contributed by atoms with Gasteiger partial charge in [-0.1, -0.05) is 6.07 Å². The van der Waals surface area contributed by atoms with Crippen LogP contribution in [-0.2, 0) is 6.54 Å². The SMILES string of the molecule is Cc1csc(C(C)NCc2ccc3c(c2)OCCCO3)n1. The van der Waals surface area contributed by atoms with Crippen molar-refractivity contribution in [2.45, 2.75) is 32.9 Å². The molecular weight excluding hydrogens is 284 g/mol. The lowest BCUT2D eigenvalue weighted by atomic mass is 10.2. The van der Waals surface area contributed by atoms with Gasteiger partial charge in [0.2, 0.25) is 0 Å². The van der Waals surface area contributed by atoms with E-state index in [9.17, 15) is 0 Å². The van der Waals surface area contributed by atoms with Crippen molar-refractivity contribution in [1.29, 1.82) is 0 Å². The quantitative estimate of drug-likeness (QED) is 0.939. The van der Waals surface area contributed by atoms with E-state index in [1.165, 1.54) is 5.56 Å². The van der Waals surface area contributed by atoms with E-state index in [-0.39, 0.29) is 6.04 Å². The molecule has 0 fully saturated rings. The van der Waals surface area contributed by atoms with Gasteiger partial charge in [-0.15, -0.1) is 11.3 Å². The van der Waals surface area contributed by atoms with Gasteiger partial charge in [0.1, 0.15) is 5.01 Å². The first kappa shape index (κ1) is 14.4.